The maximum atomic E-state index is 2.60. The molecule has 0 saturated carbocycles. The van der Waals surface area contributed by atoms with Gasteiger partial charge in [-0.05, 0) is 118 Å². The first-order chi connectivity index (χ1) is 37.8. The van der Waals surface area contributed by atoms with E-state index < -0.39 is 5.41 Å². The fourth-order valence-electron chi connectivity index (χ4n) is 12.5. The van der Waals surface area contributed by atoms with Crippen molar-refractivity contribution in [2.75, 3.05) is 4.90 Å². The number of anilines is 3. The molecule has 1 aliphatic carbocycles. The van der Waals surface area contributed by atoms with Gasteiger partial charge in [-0.3, -0.25) is 0 Å². The highest BCUT2D eigenvalue weighted by Gasteiger charge is 2.47. The van der Waals surface area contributed by atoms with Crippen LogP contribution in [0.15, 0.2) is 309 Å². The molecular formula is C75H51N. The molecule has 0 aliphatic heterocycles. The molecule has 13 aromatic carbocycles. The zero-order chi connectivity index (χ0) is 50.4. The standard InChI is InChI=1S/C75H51N/c1-5-25-52(26-6-1)60-35-13-14-37-62(60)54-47-49-59(50-48-54)76(71-46-24-45-70-73(71)68-43-21-22-44-69(68)75(70,57-31-9-3-10-32-57)58-33-11-4-12-34-58)74-67-42-20-18-40-65(67)64-39-17-19-41-66(64)72(74)56-30-23-29-55(51-56)63-38-16-15-36-61(63)53-27-7-2-8-28-53/h1-51H. The lowest BCUT2D eigenvalue weighted by Crippen LogP contribution is -2.28. The lowest BCUT2D eigenvalue weighted by molar-refractivity contribution is 0.768. The van der Waals surface area contributed by atoms with E-state index in [2.05, 4.69) is 314 Å². The van der Waals surface area contributed by atoms with Gasteiger partial charge >= 0.3 is 0 Å². The number of hydrogen-bond acceptors (Lipinski definition) is 1. The molecule has 14 rings (SSSR count). The molecule has 0 saturated heterocycles. The molecule has 0 atom stereocenters. The first kappa shape index (κ1) is 44.8. The van der Waals surface area contributed by atoms with E-state index in [0.717, 1.165) is 33.8 Å². The topological polar surface area (TPSA) is 3.24 Å². The van der Waals surface area contributed by atoms with Crippen LogP contribution in [0.4, 0.5) is 17.1 Å². The fourth-order valence-corrected chi connectivity index (χ4v) is 12.5. The smallest absolute Gasteiger partial charge is 0.0714 e. The highest BCUT2D eigenvalue weighted by Crippen LogP contribution is 2.61. The summed E-state index contributed by atoms with van der Waals surface area (Å²) in [7, 11) is 0. The van der Waals surface area contributed by atoms with E-state index in [1.54, 1.807) is 0 Å². The van der Waals surface area contributed by atoms with Crippen LogP contribution in [0.1, 0.15) is 22.3 Å². The van der Waals surface area contributed by atoms with Crippen molar-refractivity contribution in [2.45, 2.75) is 5.41 Å². The first-order valence-corrected chi connectivity index (χ1v) is 26.3. The van der Waals surface area contributed by atoms with Crippen LogP contribution in [0.3, 0.4) is 0 Å². The third-order valence-corrected chi connectivity index (χ3v) is 15.8. The molecule has 0 spiro atoms. The Morgan fingerprint density at radius 1 is 0.237 bits per heavy atom. The Bertz CT molecular complexity index is 4220. The van der Waals surface area contributed by atoms with Crippen molar-refractivity contribution in [3.05, 3.63) is 332 Å². The van der Waals surface area contributed by atoms with Gasteiger partial charge in [-0.25, -0.2) is 0 Å². The van der Waals surface area contributed by atoms with Crippen LogP contribution in [0.25, 0.3) is 88.3 Å². The minimum absolute atomic E-state index is 0.587. The molecule has 0 fully saturated rings. The first-order valence-electron chi connectivity index (χ1n) is 26.3. The number of fused-ring (bicyclic) bond motifs is 6. The molecule has 0 bridgehead atoms. The quantitative estimate of drug-likeness (QED) is 0.123. The SMILES string of the molecule is c1ccc(-c2ccccc2-c2ccc(N(c3cccc4c3-c3ccccc3C4(c3ccccc3)c3ccccc3)c3c(-c4cccc(-c5ccccc5-c5ccccc5)c4)c4ccccc4c4ccccc34)cc2)cc1. The van der Waals surface area contributed by atoms with E-state index in [-0.39, 0.29) is 0 Å². The van der Waals surface area contributed by atoms with Crippen molar-refractivity contribution in [3.63, 3.8) is 0 Å². The molecule has 1 nitrogen and oxygen atoms in total. The molecule has 0 radical (unpaired) electrons. The average Bonchev–Trinajstić information content (AvgIpc) is 4.04. The Labute approximate surface area is 444 Å². The highest BCUT2D eigenvalue weighted by atomic mass is 15.2. The number of hydrogen-bond donors (Lipinski definition) is 0. The molecule has 76 heavy (non-hydrogen) atoms. The van der Waals surface area contributed by atoms with Crippen LogP contribution in [-0.2, 0) is 5.41 Å². The summed E-state index contributed by atoms with van der Waals surface area (Å²) in [5.74, 6) is 0. The van der Waals surface area contributed by atoms with E-state index in [4.69, 9.17) is 0 Å². The summed E-state index contributed by atoms with van der Waals surface area (Å²) in [5, 5.41) is 4.79. The van der Waals surface area contributed by atoms with Gasteiger partial charge in [0.25, 0.3) is 0 Å². The van der Waals surface area contributed by atoms with Gasteiger partial charge in [0.15, 0.2) is 0 Å². The summed E-state index contributed by atoms with van der Waals surface area (Å²) in [6.45, 7) is 0. The summed E-state index contributed by atoms with van der Waals surface area (Å²) in [5.41, 5.74) is 22.0. The minimum Gasteiger partial charge on any atom is -0.309 e. The van der Waals surface area contributed by atoms with Crippen molar-refractivity contribution in [1.29, 1.82) is 0 Å². The van der Waals surface area contributed by atoms with Crippen LogP contribution < -0.4 is 4.90 Å². The van der Waals surface area contributed by atoms with Gasteiger partial charge in [0.05, 0.1) is 16.8 Å². The van der Waals surface area contributed by atoms with Crippen LogP contribution >= 0.6 is 0 Å². The average molecular weight is 966 g/mol. The summed E-state index contributed by atoms with van der Waals surface area (Å²) in [4.78, 5) is 2.60. The Morgan fingerprint density at radius 2 is 0.632 bits per heavy atom. The van der Waals surface area contributed by atoms with Gasteiger partial charge in [-0.1, -0.05) is 285 Å². The highest BCUT2D eigenvalue weighted by molar-refractivity contribution is 6.23. The second-order valence-electron chi connectivity index (χ2n) is 19.8. The number of nitrogens with zero attached hydrogens (tertiary/aromatic N) is 1. The summed E-state index contributed by atoms with van der Waals surface area (Å²) in [6, 6.07) is 114. The molecule has 1 aliphatic rings. The Balaban J connectivity index is 1.09. The normalized spacial score (nSPS) is 12.3. The van der Waals surface area contributed by atoms with Gasteiger partial charge in [0.1, 0.15) is 0 Å². The summed E-state index contributed by atoms with van der Waals surface area (Å²) in [6.07, 6.45) is 0. The third-order valence-electron chi connectivity index (χ3n) is 15.8. The number of rotatable bonds is 10. The molecule has 0 amide bonds. The largest absolute Gasteiger partial charge is 0.309 e. The Kier molecular flexibility index (Phi) is 11.2. The van der Waals surface area contributed by atoms with Crippen molar-refractivity contribution >= 4 is 38.6 Å². The maximum absolute atomic E-state index is 2.60. The molecule has 0 unspecified atom stereocenters. The van der Waals surface area contributed by atoms with Crippen molar-refractivity contribution in [2.24, 2.45) is 0 Å². The molecule has 1 heteroatoms. The third kappa shape index (κ3) is 7.31. The van der Waals surface area contributed by atoms with Gasteiger partial charge in [0, 0.05) is 22.2 Å². The second-order valence-corrected chi connectivity index (χ2v) is 19.8. The monoisotopic (exact) mass is 965 g/mol. The van der Waals surface area contributed by atoms with E-state index >= 15 is 0 Å². The molecule has 356 valence electrons. The van der Waals surface area contributed by atoms with Gasteiger partial charge in [-0.2, -0.15) is 0 Å². The minimum atomic E-state index is -0.587. The van der Waals surface area contributed by atoms with E-state index in [9.17, 15) is 0 Å². The Hall–Kier alpha value is -9.82. The van der Waals surface area contributed by atoms with Crippen LogP contribution in [0.2, 0.25) is 0 Å². The van der Waals surface area contributed by atoms with Gasteiger partial charge in [0.2, 0.25) is 0 Å². The van der Waals surface area contributed by atoms with E-state index in [1.807, 2.05) is 0 Å². The molecule has 13 aromatic rings. The van der Waals surface area contributed by atoms with E-state index in [0.29, 0.717) is 0 Å². The summed E-state index contributed by atoms with van der Waals surface area (Å²) >= 11 is 0. The van der Waals surface area contributed by atoms with Gasteiger partial charge < -0.3 is 4.90 Å². The predicted octanol–water partition coefficient (Wildman–Crippen LogP) is 20.2. The van der Waals surface area contributed by atoms with Crippen LogP contribution in [-0.4, -0.2) is 0 Å². The second kappa shape index (κ2) is 18.9. The van der Waals surface area contributed by atoms with Crippen molar-refractivity contribution < 1.29 is 0 Å². The van der Waals surface area contributed by atoms with E-state index in [1.165, 1.54) is 93.9 Å². The fraction of sp³-hybridized carbons (Fsp3) is 0.0133. The zero-order valence-corrected chi connectivity index (χ0v) is 41.9. The number of benzene rings is 13. The van der Waals surface area contributed by atoms with Crippen LogP contribution in [0, 0.1) is 0 Å². The van der Waals surface area contributed by atoms with Gasteiger partial charge in [-0.15, -0.1) is 0 Å². The molecule has 0 N–H and O–H groups in total. The van der Waals surface area contributed by atoms with Crippen molar-refractivity contribution in [1.82, 2.24) is 0 Å². The molecule has 0 heterocycles. The predicted molar refractivity (Wildman–Crippen MR) is 321 cm³/mol. The van der Waals surface area contributed by atoms with Crippen LogP contribution in [0.5, 0.6) is 0 Å². The maximum Gasteiger partial charge on any atom is 0.0714 e. The molecule has 0 aromatic heterocycles. The Morgan fingerprint density at radius 3 is 1.21 bits per heavy atom. The molecular weight excluding hydrogens is 915 g/mol. The lowest BCUT2D eigenvalue weighted by Gasteiger charge is -2.35. The van der Waals surface area contributed by atoms with Crippen molar-refractivity contribution in [3.8, 4) is 66.8 Å². The summed E-state index contributed by atoms with van der Waals surface area (Å²) < 4.78 is 0. The lowest BCUT2D eigenvalue weighted by atomic mass is 9.68. The zero-order valence-electron chi connectivity index (χ0n) is 41.9.